The monoisotopic (exact) mass is 299 g/mol. The predicted octanol–water partition coefficient (Wildman–Crippen LogP) is 0.385. The van der Waals surface area contributed by atoms with Gasteiger partial charge in [-0.05, 0) is 45.3 Å². The van der Waals surface area contributed by atoms with Crippen LogP contribution < -0.4 is 10.2 Å². The van der Waals surface area contributed by atoms with Gasteiger partial charge in [0.05, 0.1) is 0 Å². The lowest BCUT2D eigenvalue weighted by Crippen LogP contribution is -2.33. The molecule has 6 nitrogen and oxygen atoms in total. The van der Waals surface area contributed by atoms with Crippen molar-refractivity contribution in [1.29, 1.82) is 0 Å². The highest BCUT2D eigenvalue weighted by atomic mass is 32.2. The number of pyridine rings is 1. The molecule has 0 bridgehead atoms. The molecule has 2 heterocycles. The molecular weight excluding hydrogens is 278 g/mol. The van der Waals surface area contributed by atoms with Crippen LogP contribution in [0.5, 0.6) is 0 Å². The van der Waals surface area contributed by atoms with Crippen molar-refractivity contribution < 1.29 is 8.42 Å². The molecule has 1 aliphatic rings. The summed E-state index contributed by atoms with van der Waals surface area (Å²) >= 11 is 0. The average molecular weight is 299 g/mol. The Bertz CT molecular complexity index is 589. The zero-order valence-corrected chi connectivity index (χ0v) is 12.4. The summed E-state index contributed by atoms with van der Waals surface area (Å²) in [4.78, 5) is 16.2. The lowest BCUT2D eigenvalue weighted by atomic mass is 9.94. The zero-order valence-electron chi connectivity index (χ0n) is 11.6. The number of aromatic amines is 1. The molecule has 0 amide bonds. The molecule has 0 unspecified atom stereocenters. The van der Waals surface area contributed by atoms with E-state index in [1.54, 1.807) is 0 Å². The van der Waals surface area contributed by atoms with Crippen molar-refractivity contribution in [2.24, 2.45) is 5.92 Å². The van der Waals surface area contributed by atoms with Crippen LogP contribution in [0.4, 0.5) is 0 Å². The van der Waals surface area contributed by atoms with Crippen LogP contribution in [0.1, 0.15) is 19.3 Å². The van der Waals surface area contributed by atoms with Gasteiger partial charge in [-0.25, -0.2) is 13.1 Å². The summed E-state index contributed by atoms with van der Waals surface area (Å²) in [6, 6.07) is 1.21. The smallest absolute Gasteiger partial charge is 0.245 e. The van der Waals surface area contributed by atoms with E-state index < -0.39 is 15.5 Å². The first-order chi connectivity index (χ1) is 9.49. The summed E-state index contributed by atoms with van der Waals surface area (Å²) in [5.41, 5.74) is -0.490. The number of likely N-dealkylation sites (tertiary alicyclic amines) is 1. The summed E-state index contributed by atoms with van der Waals surface area (Å²) in [7, 11) is -1.61. The maximum atomic E-state index is 12.0. The zero-order chi connectivity index (χ0) is 14.6. The van der Waals surface area contributed by atoms with Crippen molar-refractivity contribution in [1.82, 2.24) is 14.6 Å². The largest absolute Gasteiger partial charge is 0.366 e. The topological polar surface area (TPSA) is 82.3 Å². The molecule has 1 saturated heterocycles. The number of aromatic nitrogens is 1. The van der Waals surface area contributed by atoms with E-state index in [9.17, 15) is 13.2 Å². The van der Waals surface area contributed by atoms with Gasteiger partial charge in [0.15, 0.2) is 0 Å². The van der Waals surface area contributed by atoms with Crippen molar-refractivity contribution in [3.05, 3.63) is 28.7 Å². The maximum Gasteiger partial charge on any atom is 0.245 e. The first-order valence-electron chi connectivity index (χ1n) is 6.84. The molecule has 1 aromatic heterocycles. The number of rotatable bonds is 5. The van der Waals surface area contributed by atoms with Crippen LogP contribution in [0.3, 0.4) is 0 Å². The number of hydrogen-bond acceptors (Lipinski definition) is 4. The van der Waals surface area contributed by atoms with Crippen LogP contribution in [0, 0.1) is 5.92 Å². The summed E-state index contributed by atoms with van der Waals surface area (Å²) in [5.74, 6) is 0.558. The summed E-state index contributed by atoms with van der Waals surface area (Å²) < 4.78 is 26.5. The van der Waals surface area contributed by atoms with E-state index in [1.165, 1.54) is 18.5 Å². The summed E-state index contributed by atoms with van der Waals surface area (Å²) in [6.45, 7) is 2.51. The average Bonchev–Trinajstić information content (AvgIpc) is 2.41. The second kappa shape index (κ2) is 6.51. The van der Waals surface area contributed by atoms with Gasteiger partial charge in [-0.1, -0.05) is 0 Å². The third-order valence-electron chi connectivity index (χ3n) is 3.76. The van der Waals surface area contributed by atoms with Gasteiger partial charge in [-0.15, -0.1) is 0 Å². The van der Waals surface area contributed by atoms with Gasteiger partial charge in [0.1, 0.15) is 4.90 Å². The lowest BCUT2D eigenvalue weighted by Gasteiger charge is -2.28. The van der Waals surface area contributed by atoms with E-state index in [-0.39, 0.29) is 4.90 Å². The summed E-state index contributed by atoms with van der Waals surface area (Å²) in [6.07, 6.45) is 5.66. The fourth-order valence-corrected chi connectivity index (χ4v) is 3.53. The second-order valence-electron chi connectivity index (χ2n) is 5.31. The van der Waals surface area contributed by atoms with Crippen molar-refractivity contribution in [3.8, 4) is 0 Å². The quantitative estimate of drug-likeness (QED) is 0.824. The van der Waals surface area contributed by atoms with Gasteiger partial charge in [0.25, 0.3) is 0 Å². The Kier molecular flexibility index (Phi) is 4.95. The van der Waals surface area contributed by atoms with Crippen molar-refractivity contribution in [3.63, 3.8) is 0 Å². The van der Waals surface area contributed by atoms with Gasteiger partial charge >= 0.3 is 0 Å². The van der Waals surface area contributed by atoms with Crippen LogP contribution in [-0.2, 0) is 10.0 Å². The minimum Gasteiger partial charge on any atom is -0.366 e. The van der Waals surface area contributed by atoms with E-state index in [0.717, 1.165) is 32.4 Å². The molecular formula is C13H21N3O3S. The van der Waals surface area contributed by atoms with Crippen LogP contribution >= 0.6 is 0 Å². The Labute approximate surface area is 119 Å². The van der Waals surface area contributed by atoms with E-state index in [2.05, 4.69) is 21.7 Å². The van der Waals surface area contributed by atoms with E-state index in [0.29, 0.717) is 12.5 Å². The molecule has 1 aromatic rings. The third-order valence-corrected chi connectivity index (χ3v) is 5.24. The number of piperidine rings is 1. The van der Waals surface area contributed by atoms with Crippen LogP contribution in [0.2, 0.25) is 0 Å². The fourth-order valence-electron chi connectivity index (χ4n) is 2.44. The van der Waals surface area contributed by atoms with E-state index in [4.69, 9.17) is 0 Å². The molecule has 0 aliphatic carbocycles. The minimum absolute atomic E-state index is 0.219. The van der Waals surface area contributed by atoms with Crippen LogP contribution in [-0.4, -0.2) is 45.0 Å². The maximum absolute atomic E-state index is 12.0. The van der Waals surface area contributed by atoms with Crippen molar-refractivity contribution in [2.75, 3.05) is 26.7 Å². The molecule has 1 aliphatic heterocycles. The Morgan fingerprint density at radius 1 is 1.40 bits per heavy atom. The Morgan fingerprint density at radius 2 is 2.10 bits per heavy atom. The van der Waals surface area contributed by atoms with Crippen LogP contribution in [0.15, 0.2) is 28.2 Å². The standard InChI is InChI=1S/C13H21N3O3S/c1-16-8-4-11(5-9-16)2-7-15-20(18,19)13-10-14-6-3-12(13)17/h3,6,10-11,15H,2,4-5,7-9H2,1H3,(H,14,17). The molecule has 0 atom stereocenters. The van der Waals surface area contributed by atoms with Crippen molar-refractivity contribution in [2.45, 2.75) is 24.2 Å². The van der Waals surface area contributed by atoms with Gasteiger partial charge in [-0.3, -0.25) is 4.79 Å². The third kappa shape index (κ3) is 3.91. The molecule has 20 heavy (non-hydrogen) atoms. The van der Waals surface area contributed by atoms with Gasteiger partial charge < -0.3 is 9.88 Å². The number of nitrogens with zero attached hydrogens (tertiary/aromatic N) is 1. The number of H-pyrrole nitrogens is 1. The van der Waals surface area contributed by atoms with Gasteiger partial charge in [-0.2, -0.15) is 0 Å². The number of sulfonamides is 1. The highest BCUT2D eigenvalue weighted by Gasteiger charge is 2.20. The molecule has 0 spiro atoms. The van der Waals surface area contributed by atoms with E-state index in [1.807, 2.05) is 0 Å². The molecule has 112 valence electrons. The fraction of sp³-hybridized carbons (Fsp3) is 0.615. The highest BCUT2D eigenvalue weighted by Crippen LogP contribution is 2.18. The Balaban J connectivity index is 1.87. The van der Waals surface area contributed by atoms with Gasteiger partial charge in [0, 0.05) is 25.0 Å². The summed E-state index contributed by atoms with van der Waals surface area (Å²) in [5, 5.41) is 0. The van der Waals surface area contributed by atoms with E-state index >= 15 is 0 Å². The molecule has 0 aromatic carbocycles. The highest BCUT2D eigenvalue weighted by molar-refractivity contribution is 7.89. The minimum atomic E-state index is -3.71. The van der Waals surface area contributed by atoms with Crippen LogP contribution in [0.25, 0.3) is 0 Å². The van der Waals surface area contributed by atoms with Crippen molar-refractivity contribution >= 4 is 10.0 Å². The molecule has 2 N–H and O–H groups in total. The second-order valence-corrected chi connectivity index (χ2v) is 7.04. The molecule has 7 heteroatoms. The number of hydrogen-bond donors (Lipinski definition) is 2. The van der Waals surface area contributed by atoms with Gasteiger partial charge in [0.2, 0.25) is 15.5 Å². The first-order valence-corrected chi connectivity index (χ1v) is 8.32. The SMILES string of the molecule is CN1CCC(CCNS(=O)(=O)c2c[nH]ccc2=O)CC1. The lowest BCUT2D eigenvalue weighted by molar-refractivity contribution is 0.213. The normalized spacial score (nSPS) is 18.2. The Morgan fingerprint density at radius 3 is 2.75 bits per heavy atom. The predicted molar refractivity (Wildman–Crippen MR) is 77.1 cm³/mol. The molecule has 0 radical (unpaired) electrons. The number of nitrogens with one attached hydrogen (secondary N) is 2. The molecule has 2 rings (SSSR count). The molecule has 1 fully saturated rings. The molecule has 0 saturated carbocycles. The Hall–Kier alpha value is -1.18. The first kappa shape index (κ1) is 15.2.